The van der Waals surface area contributed by atoms with Crippen LogP contribution in [0.2, 0.25) is 0 Å². The third-order valence-corrected chi connectivity index (χ3v) is 5.46. The molecular formula is C26H26N4O3. The van der Waals surface area contributed by atoms with Gasteiger partial charge in [-0.15, -0.1) is 0 Å². The van der Waals surface area contributed by atoms with E-state index in [1.165, 1.54) is 6.92 Å². The molecule has 7 nitrogen and oxygen atoms in total. The highest BCUT2D eigenvalue weighted by Gasteiger charge is 2.20. The van der Waals surface area contributed by atoms with Gasteiger partial charge < -0.3 is 10.1 Å². The second-order valence-electron chi connectivity index (χ2n) is 7.86. The fourth-order valence-electron chi connectivity index (χ4n) is 3.72. The molecular weight excluding hydrogens is 416 g/mol. The lowest BCUT2D eigenvalue weighted by atomic mass is 10.0. The number of nitrogens with zero attached hydrogens (tertiary/aromatic N) is 3. The summed E-state index contributed by atoms with van der Waals surface area (Å²) < 4.78 is 7.81. The van der Waals surface area contributed by atoms with E-state index in [1.807, 2.05) is 54.9 Å². The zero-order valence-electron chi connectivity index (χ0n) is 19.1. The van der Waals surface area contributed by atoms with E-state index in [0.717, 1.165) is 27.9 Å². The van der Waals surface area contributed by atoms with Gasteiger partial charge in [-0.1, -0.05) is 30.3 Å². The third kappa shape index (κ3) is 4.62. The molecule has 2 heterocycles. The minimum atomic E-state index is -0.787. The first kappa shape index (κ1) is 22.2. The molecule has 0 fully saturated rings. The summed E-state index contributed by atoms with van der Waals surface area (Å²) in [5.41, 5.74) is 4.78. The fourth-order valence-corrected chi connectivity index (χ4v) is 3.72. The number of ether oxygens (including phenoxy) is 1. The normalized spacial score (nSPS) is 11.9. The zero-order valence-corrected chi connectivity index (χ0v) is 19.1. The summed E-state index contributed by atoms with van der Waals surface area (Å²) >= 11 is 0. The van der Waals surface area contributed by atoms with Gasteiger partial charge in [0.05, 0.1) is 11.1 Å². The van der Waals surface area contributed by atoms with Crippen LogP contribution in [0.3, 0.4) is 0 Å². The number of anilines is 1. The minimum Gasteiger partial charge on any atom is -0.464 e. The minimum absolute atomic E-state index is 0.0261. The molecule has 0 aliphatic rings. The van der Waals surface area contributed by atoms with E-state index in [4.69, 9.17) is 4.74 Å². The van der Waals surface area contributed by atoms with Crippen molar-refractivity contribution >= 4 is 28.4 Å². The van der Waals surface area contributed by atoms with Crippen molar-refractivity contribution in [2.45, 2.75) is 40.3 Å². The fraction of sp³-hybridized carbons (Fsp3) is 0.231. The van der Waals surface area contributed by atoms with Gasteiger partial charge in [0, 0.05) is 23.9 Å². The van der Waals surface area contributed by atoms with Gasteiger partial charge in [-0.2, -0.15) is 10.1 Å². The molecule has 7 heteroatoms. The maximum Gasteiger partial charge on any atom is 0.265 e. The second-order valence-corrected chi connectivity index (χ2v) is 7.86. The van der Waals surface area contributed by atoms with Crippen molar-refractivity contribution in [3.05, 3.63) is 71.9 Å². The molecule has 2 aromatic heterocycles. The molecule has 1 N–H and O–H groups in total. The Bertz CT molecular complexity index is 1310. The number of hydrogen-bond donors (Lipinski definition) is 1. The van der Waals surface area contributed by atoms with Crippen LogP contribution in [0.1, 0.15) is 36.8 Å². The molecule has 0 unspecified atom stereocenters. The van der Waals surface area contributed by atoms with Crippen molar-refractivity contribution in [2.24, 2.45) is 0 Å². The lowest BCUT2D eigenvalue weighted by Crippen LogP contribution is -2.30. The summed E-state index contributed by atoms with van der Waals surface area (Å²) in [6.45, 7) is 7.83. The number of benzene rings is 2. The summed E-state index contributed by atoms with van der Waals surface area (Å²) in [5.74, 6) is 0.0151. The zero-order chi connectivity index (χ0) is 23.5. The predicted molar refractivity (Wildman–Crippen MR) is 129 cm³/mol. The van der Waals surface area contributed by atoms with Crippen LogP contribution in [0, 0.1) is 6.92 Å². The Labute approximate surface area is 192 Å². The highest BCUT2D eigenvalue weighted by atomic mass is 16.5. The molecule has 0 spiro atoms. The molecule has 4 rings (SSSR count). The number of nitrogens with one attached hydrogen (secondary N) is 1. The largest absolute Gasteiger partial charge is 0.464 e. The number of carbonyl (C=O) groups is 2. The van der Waals surface area contributed by atoms with Crippen LogP contribution >= 0.6 is 0 Å². The predicted octanol–water partition coefficient (Wildman–Crippen LogP) is 5.04. The van der Waals surface area contributed by atoms with Crippen molar-refractivity contribution < 1.29 is 14.3 Å². The highest BCUT2D eigenvalue weighted by molar-refractivity contribution is 5.97. The van der Waals surface area contributed by atoms with Gasteiger partial charge in [-0.3, -0.25) is 9.59 Å². The average Bonchev–Trinajstić information content (AvgIpc) is 3.15. The van der Waals surface area contributed by atoms with Crippen LogP contribution in [0.15, 0.2) is 60.7 Å². The smallest absolute Gasteiger partial charge is 0.265 e. The molecule has 4 aromatic rings. The monoisotopic (exact) mass is 442 g/mol. The van der Waals surface area contributed by atoms with E-state index in [-0.39, 0.29) is 11.7 Å². The average molecular weight is 443 g/mol. The van der Waals surface area contributed by atoms with Crippen molar-refractivity contribution in [2.75, 3.05) is 5.32 Å². The van der Waals surface area contributed by atoms with Gasteiger partial charge >= 0.3 is 0 Å². The number of rotatable bonds is 7. The second kappa shape index (κ2) is 9.24. The molecule has 0 saturated heterocycles. The van der Waals surface area contributed by atoms with Crippen molar-refractivity contribution in [3.8, 4) is 17.0 Å². The topological polar surface area (TPSA) is 86.1 Å². The van der Waals surface area contributed by atoms with Gasteiger partial charge in [-0.05, 0) is 63.1 Å². The van der Waals surface area contributed by atoms with Crippen LogP contribution in [-0.4, -0.2) is 32.6 Å². The van der Waals surface area contributed by atoms with E-state index < -0.39 is 6.10 Å². The Balaban J connectivity index is 1.62. The molecule has 2 aromatic carbocycles. The highest BCUT2D eigenvalue weighted by Crippen LogP contribution is 2.33. The van der Waals surface area contributed by atoms with Crippen molar-refractivity contribution in [1.29, 1.82) is 0 Å². The molecule has 0 saturated carbocycles. The van der Waals surface area contributed by atoms with Crippen molar-refractivity contribution in [1.82, 2.24) is 14.8 Å². The first-order valence-corrected chi connectivity index (χ1v) is 10.9. The first-order valence-electron chi connectivity index (χ1n) is 10.9. The number of Topliss-reactive ketones (excluding diaryl/α,β-unsaturated/α-hetero) is 1. The number of pyridine rings is 1. The van der Waals surface area contributed by atoms with Crippen molar-refractivity contribution in [3.63, 3.8) is 0 Å². The quantitative estimate of drug-likeness (QED) is 0.406. The van der Waals surface area contributed by atoms with Gasteiger partial charge in [-0.25, -0.2) is 4.68 Å². The molecule has 1 amide bonds. The number of hydrogen-bond acceptors (Lipinski definition) is 5. The molecule has 168 valence electrons. The van der Waals surface area contributed by atoms with Crippen LogP contribution < -0.4 is 10.1 Å². The number of aryl methyl sites for hydroxylation is 2. The summed E-state index contributed by atoms with van der Waals surface area (Å²) in [7, 11) is 0. The first-order chi connectivity index (χ1) is 15.9. The maximum atomic E-state index is 12.7. The van der Waals surface area contributed by atoms with Crippen LogP contribution in [0.4, 0.5) is 5.69 Å². The van der Waals surface area contributed by atoms with Crippen LogP contribution in [0.25, 0.3) is 22.2 Å². The summed E-state index contributed by atoms with van der Waals surface area (Å²) in [6.07, 6.45) is -0.787. The van der Waals surface area contributed by atoms with E-state index in [9.17, 15) is 9.59 Å². The lowest BCUT2D eigenvalue weighted by molar-refractivity contribution is -0.122. The Morgan fingerprint density at radius 3 is 2.42 bits per heavy atom. The summed E-state index contributed by atoms with van der Waals surface area (Å²) in [6, 6.07) is 18.6. The number of aromatic nitrogens is 3. The van der Waals surface area contributed by atoms with Gasteiger partial charge in [0.25, 0.3) is 5.91 Å². The van der Waals surface area contributed by atoms with Gasteiger partial charge in [0.2, 0.25) is 5.88 Å². The van der Waals surface area contributed by atoms with E-state index in [2.05, 4.69) is 15.4 Å². The molecule has 1 atom stereocenters. The Morgan fingerprint density at radius 1 is 1.09 bits per heavy atom. The van der Waals surface area contributed by atoms with Crippen LogP contribution in [0.5, 0.6) is 5.88 Å². The third-order valence-electron chi connectivity index (χ3n) is 5.46. The molecule has 33 heavy (non-hydrogen) atoms. The number of amides is 1. The number of ketones is 1. The maximum absolute atomic E-state index is 12.7. The Hall–Kier alpha value is -4.00. The molecule has 0 aliphatic heterocycles. The van der Waals surface area contributed by atoms with E-state index in [0.29, 0.717) is 23.7 Å². The number of fused-ring (bicyclic) bond motifs is 1. The summed E-state index contributed by atoms with van der Waals surface area (Å²) in [4.78, 5) is 28.8. The Kier molecular flexibility index (Phi) is 6.22. The Morgan fingerprint density at radius 2 is 1.79 bits per heavy atom. The molecule has 0 bridgehead atoms. The summed E-state index contributed by atoms with van der Waals surface area (Å²) in [5, 5.41) is 8.41. The number of carbonyl (C=O) groups excluding carboxylic acids is 2. The van der Waals surface area contributed by atoms with Gasteiger partial charge in [0.15, 0.2) is 17.5 Å². The van der Waals surface area contributed by atoms with Crippen LogP contribution in [-0.2, 0) is 11.3 Å². The lowest BCUT2D eigenvalue weighted by Gasteiger charge is -2.16. The standard InChI is InChI=1S/C26H26N4O3/c1-5-30-25-24(16(2)29-30)22(20-9-7-6-8-10-20)15-23(28-25)33-18(4)26(32)27-21-13-11-19(12-14-21)17(3)31/h6-15,18H,5H2,1-4H3,(H,27,32)/t18-/m0/s1. The van der Waals surface area contributed by atoms with Gasteiger partial charge in [0.1, 0.15) is 0 Å². The molecule has 0 aliphatic carbocycles. The molecule has 0 radical (unpaired) electrons. The van der Waals surface area contributed by atoms with E-state index >= 15 is 0 Å². The van der Waals surface area contributed by atoms with E-state index in [1.54, 1.807) is 31.2 Å². The SMILES string of the molecule is CCn1nc(C)c2c(-c3ccccc3)cc(O[C@@H](C)C(=O)Nc3ccc(C(C)=O)cc3)nc21.